The van der Waals surface area contributed by atoms with Crippen LogP contribution in [0.15, 0.2) is 48.5 Å². The van der Waals surface area contributed by atoms with Crippen molar-refractivity contribution < 1.29 is 13.5 Å². The molecule has 3 nitrogen and oxygen atoms in total. The molecule has 1 heterocycles. The molecule has 2 N–H and O–H groups in total. The Bertz CT molecular complexity index is 658. The Morgan fingerprint density at radius 2 is 1.75 bits per heavy atom. The minimum absolute atomic E-state index is 0.00476. The highest BCUT2D eigenvalue weighted by molar-refractivity contribution is 5.24. The number of piperidine rings is 1. The predicted molar refractivity (Wildman–Crippen MR) is 89.8 cm³/mol. The zero-order chi connectivity index (χ0) is 16.9. The molecule has 1 fully saturated rings. The number of halogens is 2. The fourth-order valence-electron chi connectivity index (χ4n) is 3.04. The molecule has 2 aromatic rings. The van der Waals surface area contributed by atoms with Crippen molar-refractivity contribution in [3.05, 3.63) is 65.7 Å². The molecule has 0 radical (unpaired) electrons. The number of hydrogen-bond donors (Lipinski definition) is 1. The average molecular weight is 332 g/mol. The highest BCUT2D eigenvalue weighted by atomic mass is 19.2. The third kappa shape index (κ3) is 4.30. The third-order valence-electron chi connectivity index (χ3n) is 4.41. The van der Waals surface area contributed by atoms with Gasteiger partial charge >= 0.3 is 0 Å². The quantitative estimate of drug-likeness (QED) is 0.911. The summed E-state index contributed by atoms with van der Waals surface area (Å²) in [6.07, 6.45) is 1.72. The van der Waals surface area contributed by atoms with Gasteiger partial charge in [-0.1, -0.05) is 30.3 Å². The van der Waals surface area contributed by atoms with Crippen LogP contribution in [0.2, 0.25) is 0 Å². The molecular weight excluding hydrogens is 310 g/mol. The van der Waals surface area contributed by atoms with E-state index in [1.54, 1.807) is 0 Å². The molecule has 3 rings (SSSR count). The van der Waals surface area contributed by atoms with E-state index < -0.39 is 11.6 Å². The molecule has 0 saturated carbocycles. The molecule has 0 amide bonds. The van der Waals surface area contributed by atoms with Gasteiger partial charge in [0.1, 0.15) is 11.9 Å². The van der Waals surface area contributed by atoms with Gasteiger partial charge in [-0.05, 0) is 30.5 Å². The van der Waals surface area contributed by atoms with Crippen molar-refractivity contribution in [3.8, 4) is 5.75 Å². The molecule has 0 unspecified atom stereocenters. The van der Waals surface area contributed by atoms with Crippen molar-refractivity contribution in [1.29, 1.82) is 0 Å². The van der Waals surface area contributed by atoms with E-state index in [0.717, 1.165) is 50.2 Å². The number of nitrogens with two attached hydrogens (primary N) is 1. The Morgan fingerprint density at radius 3 is 2.42 bits per heavy atom. The number of benzene rings is 2. The normalized spacial score (nSPS) is 17.6. The maximum atomic E-state index is 13.2. The summed E-state index contributed by atoms with van der Waals surface area (Å²) in [5.41, 5.74) is 7.40. The van der Waals surface area contributed by atoms with Crippen LogP contribution in [0.1, 0.15) is 24.4 Å². The first-order chi connectivity index (χ1) is 11.6. The Kier molecular flexibility index (Phi) is 5.43. The fraction of sp³-hybridized carbons (Fsp3) is 0.368. The number of ether oxygens (including phenoxy) is 1. The molecule has 24 heavy (non-hydrogen) atoms. The van der Waals surface area contributed by atoms with Crippen molar-refractivity contribution >= 4 is 0 Å². The van der Waals surface area contributed by atoms with E-state index >= 15 is 0 Å². The van der Waals surface area contributed by atoms with Crippen molar-refractivity contribution in [1.82, 2.24) is 4.90 Å². The zero-order valence-electron chi connectivity index (χ0n) is 13.5. The summed E-state index contributed by atoms with van der Waals surface area (Å²) >= 11 is 0. The molecular formula is C19H22F2N2O. The highest BCUT2D eigenvalue weighted by Gasteiger charge is 2.22. The molecule has 1 aliphatic heterocycles. The Balaban J connectivity index is 1.48. The lowest BCUT2D eigenvalue weighted by Crippen LogP contribution is -2.41. The second-order valence-electron chi connectivity index (χ2n) is 6.21. The monoisotopic (exact) mass is 332 g/mol. The van der Waals surface area contributed by atoms with Gasteiger partial charge in [0, 0.05) is 31.7 Å². The van der Waals surface area contributed by atoms with E-state index in [1.165, 1.54) is 6.07 Å². The molecule has 1 saturated heterocycles. The molecule has 128 valence electrons. The molecule has 5 heteroatoms. The van der Waals surface area contributed by atoms with Crippen LogP contribution in [0.4, 0.5) is 8.78 Å². The maximum Gasteiger partial charge on any atom is 0.162 e. The summed E-state index contributed by atoms with van der Waals surface area (Å²) in [5.74, 6) is -1.35. The van der Waals surface area contributed by atoms with Crippen LogP contribution < -0.4 is 10.5 Å². The summed E-state index contributed by atoms with van der Waals surface area (Å²) in [4.78, 5) is 2.32. The molecule has 1 atom stereocenters. The molecule has 0 aromatic heterocycles. The fourth-order valence-corrected chi connectivity index (χ4v) is 3.04. The van der Waals surface area contributed by atoms with Crippen LogP contribution >= 0.6 is 0 Å². The molecule has 0 spiro atoms. The van der Waals surface area contributed by atoms with Crippen LogP contribution in [-0.4, -0.2) is 30.6 Å². The first-order valence-electron chi connectivity index (χ1n) is 8.26. The van der Waals surface area contributed by atoms with Gasteiger partial charge in [-0.25, -0.2) is 8.78 Å². The standard InChI is InChI=1S/C19H22F2N2O/c20-17-7-6-16(12-18(17)21)24-15-8-10-23(11-9-15)13-19(22)14-4-2-1-3-5-14/h1-7,12,15,19H,8-11,13,22H2/t19-/m1/s1. The summed E-state index contributed by atoms with van der Waals surface area (Å²) in [5, 5.41) is 0. The average Bonchev–Trinajstić information content (AvgIpc) is 2.61. The lowest BCUT2D eigenvalue weighted by molar-refractivity contribution is 0.0968. The SMILES string of the molecule is N[C@H](CN1CCC(Oc2ccc(F)c(F)c2)CC1)c1ccccc1. The van der Waals surface area contributed by atoms with Gasteiger partial charge in [0.25, 0.3) is 0 Å². The van der Waals surface area contributed by atoms with E-state index in [-0.39, 0.29) is 12.1 Å². The first kappa shape index (κ1) is 16.9. The van der Waals surface area contributed by atoms with E-state index in [4.69, 9.17) is 10.5 Å². The van der Waals surface area contributed by atoms with Gasteiger partial charge in [0.2, 0.25) is 0 Å². The smallest absolute Gasteiger partial charge is 0.162 e. The topological polar surface area (TPSA) is 38.5 Å². The Morgan fingerprint density at radius 1 is 1.04 bits per heavy atom. The lowest BCUT2D eigenvalue weighted by Gasteiger charge is -2.33. The van der Waals surface area contributed by atoms with Crippen LogP contribution in [0.3, 0.4) is 0 Å². The van der Waals surface area contributed by atoms with Crippen LogP contribution in [-0.2, 0) is 0 Å². The molecule has 0 aliphatic carbocycles. The number of nitrogens with zero attached hydrogens (tertiary/aromatic N) is 1. The van der Waals surface area contributed by atoms with Crippen molar-refractivity contribution in [3.63, 3.8) is 0 Å². The largest absolute Gasteiger partial charge is 0.490 e. The second-order valence-corrected chi connectivity index (χ2v) is 6.21. The van der Waals surface area contributed by atoms with E-state index in [0.29, 0.717) is 5.75 Å². The molecule has 1 aliphatic rings. The Labute approximate surface area is 141 Å². The van der Waals surface area contributed by atoms with Crippen LogP contribution in [0.5, 0.6) is 5.75 Å². The Hall–Kier alpha value is -1.98. The summed E-state index contributed by atoms with van der Waals surface area (Å²) in [6, 6.07) is 13.7. The van der Waals surface area contributed by atoms with Gasteiger partial charge in [-0.2, -0.15) is 0 Å². The van der Waals surface area contributed by atoms with Gasteiger partial charge in [0.05, 0.1) is 0 Å². The predicted octanol–water partition coefficient (Wildman–Crippen LogP) is 3.51. The van der Waals surface area contributed by atoms with Gasteiger partial charge in [0.15, 0.2) is 11.6 Å². The lowest BCUT2D eigenvalue weighted by atomic mass is 10.0. The minimum Gasteiger partial charge on any atom is -0.490 e. The van der Waals surface area contributed by atoms with Crippen LogP contribution in [0.25, 0.3) is 0 Å². The number of hydrogen-bond acceptors (Lipinski definition) is 3. The maximum absolute atomic E-state index is 13.2. The van der Waals surface area contributed by atoms with E-state index in [2.05, 4.69) is 4.90 Å². The summed E-state index contributed by atoms with van der Waals surface area (Å²) in [6.45, 7) is 2.58. The van der Waals surface area contributed by atoms with Crippen molar-refractivity contribution in [2.45, 2.75) is 25.0 Å². The third-order valence-corrected chi connectivity index (χ3v) is 4.41. The highest BCUT2D eigenvalue weighted by Crippen LogP contribution is 2.22. The van der Waals surface area contributed by atoms with E-state index in [9.17, 15) is 8.78 Å². The molecule has 2 aromatic carbocycles. The number of rotatable bonds is 5. The molecule has 0 bridgehead atoms. The second kappa shape index (κ2) is 7.73. The van der Waals surface area contributed by atoms with E-state index in [1.807, 2.05) is 30.3 Å². The van der Waals surface area contributed by atoms with Crippen molar-refractivity contribution in [2.75, 3.05) is 19.6 Å². The van der Waals surface area contributed by atoms with Gasteiger partial charge in [-0.3, -0.25) is 0 Å². The summed E-state index contributed by atoms with van der Waals surface area (Å²) in [7, 11) is 0. The minimum atomic E-state index is -0.876. The van der Waals surface area contributed by atoms with Gasteiger partial charge < -0.3 is 15.4 Å². The number of likely N-dealkylation sites (tertiary alicyclic amines) is 1. The van der Waals surface area contributed by atoms with Crippen LogP contribution in [0, 0.1) is 11.6 Å². The van der Waals surface area contributed by atoms with Gasteiger partial charge in [-0.15, -0.1) is 0 Å². The summed E-state index contributed by atoms with van der Waals surface area (Å²) < 4.78 is 31.9. The zero-order valence-corrected chi connectivity index (χ0v) is 13.5. The first-order valence-corrected chi connectivity index (χ1v) is 8.26. The van der Waals surface area contributed by atoms with Crippen molar-refractivity contribution in [2.24, 2.45) is 5.73 Å².